The Balaban J connectivity index is 2.89. The highest BCUT2D eigenvalue weighted by Crippen LogP contribution is 2.20. The average molecular weight is 355 g/mol. The van der Waals surface area contributed by atoms with Crippen molar-refractivity contribution in [3.05, 3.63) is 35.9 Å². The summed E-state index contributed by atoms with van der Waals surface area (Å²) in [4.78, 5) is 24.9. The van der Waals surface area contributed by atoms with Gasteiger partial charge < -0.3 is 10.1 Å². The number of nitrogens with one attached hydrogen (secondary N) is 1. The van der Waals surface area contributed by atoms with Gasteiger partial charge >= 0.3 is 5.97 Å². The number of hydrogen-bond acceptors (Lipinski definition) is 5. The number of ether oxygens (including phenoxy) is 1. The predicted molar refractivity (Wildman–Crippen MR) is 96.7 cm³/mol. The molecule has 1 N–H and O–H groups in total. The fourth-order valence-electron chi connectivity index (χ4n) is 2.74. The highest BCUT2D eigenvalue weighted by atomic mass is 16.5. The van der Waals surface area contributed by atoms with Gasteiger partial charge in [-0.25, -0.2) is 0 Å². The van der Waals surface area contributed by atoms with Crippen LogP contribution in [-0.2, 0) is 9.53 Å². The van der Waals surface area contributed by atoms with Crippen LogP contribution in [0, 0.1) is 28.6 Å². The second kappa shape index (κ2) is 12.5. The number of nitriles is 2. The lowest BCUT2D eigenvalue weighted by Crippen LogP contribution is -2.44. The molecule has 0 aliphatic rings. The van der Waals surface area contributed by atoms with Gasteiger partial charge in [0.25, 0.3) is 5.91 Å². The molecular formula is C20H25N3O3. The molecule has 1 aromatic rings. The summed E-state index contributed by atoms with van der Waals surface area (Å²) in [6.45, 7) is 1.99. The van der Waals surface area contributed by atoms with Gasteiger partial charge in [-0.05, 0) is 38.3 Å². The van der Waals surface area contributed by atoms with Crippen LogP contribution in [0.3, 0.4) is 0 Å². The number of esters is 1. The third kappa shape index (κ3) is 7.36. The molecule has 0 unspecified atom stereocenters. The molecule has 0 saturated carbocycles. The molecule has 1 amide bonds. The van der Waals surface area contributed by atoms with Crippen molar-refractivity contribution < 1.29 is 14.3 Å². The molecule has 0 saturated heterocycles. The van der Waals surface area contributed by atoms with Crippen molar-refractivity contribution in [2.45, 2.75) is 51.5 Å². The number of carbonyl (C=O) groups is 2. The summed E-state index contributed by atoms with van der Waals surface area (Å²) in [5.74, 6) is -1.18. The molecule has 0 aromatic heterocycles. The Morgan fingerprint density at radius 1 is 1.08 bits per heavy atom. The summed E-state index contributed by atoms with van der Waals surface area (Å²) in [6, 6.07) is 12.4. The summed E-state index contributed by atoms with van der Waals surface area (Å²) < 4.78 is 5.17. The highest BCUT2D eigenvalue weighted by molar-refractivity contribution is 5.94. The molecule has 1 aromatic carbocycles. The number of carbonyl (C=O) groups excluding carboxylic acids is 2. The van der Waals surface area contributed by atoms with Gasteiger partial charge in [-0.1, -0.05) is 24.6 Å². The van der Waals surface area contributed by atoms with Crippen LogP contribution in [0.1, 0.15) is 55.8 Å². The second-order valence-corrected chi connectivity index (χ2v) is 5.91. The summed E-state index contributed by atoms with van der Waals surface area (Å²) in [5, 5.41) is 20.5. The third-order valence-electron chi connectivity index (χ3n) is 4.05. The first-order valence-electron chi connectivity index (χ1n) is 8.90. The first-order chi connectivity index (χ1) is 12.6. The molecule has 26 heavy (non-hydrogen) atoms. The van der Waals surface area contributed by atoms with Crippen LogP contribution in [0.4, 0.5) is 0 Å². The van der Waals surface area contributed by atoms with Gasteiger partial charge in [-0.3, -0.25) is 9.59 Å². The lowest BCUT2D eigenvalue weighted by Gasteiger charge is -2.26. The lowest BCUT2D eigenvalue weighted by atomic mass is 9.90. The van der Waals surface area contributed by atoms with E-state index in [4.69, 9.17) is 15.3 Å². The Morgan fingerprint density at radius 3 is 2.38 bits per heavy atom. The number of hydrogen-bond donors (Lipinski definition) is 1. The summed E-state index contributed by atoms with van der Waals surface area (Å²) >= 11 is 0. The zero-order chi connectivity index (χ0) is 19.2. The fraction of sp³-hybridized carbons (Fsp3) is 0.500. The molecule has 6 nitrogen and oxygen atoms in total. The first-order valence-corrected chi connectivity index (χ1v) is 8.90. The summed E-state index contributed by atoms with van der Waals surface area (Å²) in [5.41, 5.74) is 0.501. The van der Waals surface area contributed by atoms with E-state index < -0.39 is 12.0 Å². The number of rotatable bonds is 11. The Kier molecular flexibility index (Phi) is 10.2. The molecule has 1 rings (SSSR count). The monoisotopic (exact) mass is 355 g/mol. The van der Waals surface area contributed by atoms with Gasteiger partial charge in [-0.2, -0.15) is 10.5 Å². The van der Waals surface area contributed by atoms with Gasteiger partial charge in [-0.15, -0.1) is 0 Å². The molecule has 0 radical (unpaired) electrons. The topological polar surface area (TPSA) is 103 Å². The van der Waals surface area contributed by atoms with Crippen LogP contribution in [0.5, 0.6) is 0 Å². The van der Waals surface area contributed by atoms with Crippen molar-refractivity contribution in [1.82, 2.24) is 5.32 Å². The maximum absolute atomic E-state index is 12.5. The molecule has 0 fully saturated rings. The van der Waals surface area contributed by atoms with Crippen LogP contribution < -0.4 is 5.32 Å². The van der Waals surface area contributed by atoms with Crippen molar-refractivity contribution in [1.29, 1.82) is 10.5 Å². The molecule has 0 bridgehead atoms. The van der Waals surface area contributed by atoms with E-state index in [0.717, 1.165) is 0 Å². The van der Waals surface area contributed by atoms with E-state index in [1.807, 2.05) is 6.07 Å². The Labute approximate surface area is 154 Å². The fourth-order valence-corrected chi connectivity index (χ4v) is 2.74. The summed E-state index contributed by atoms with van der Waals surface area (Å²) in [7, 11) is 0. The number of unbranched alkanes of at least 4 members (excludes halogenated alkanes) is 2. The van der Waals surface area contributed by atoms with E-state index in [1.165, 1.54) is 0 Å². The van der Waals surface area contributed by atoms with E-state index in [-0.39, 0.29) is 24.9 Å². The maximum atomic E-state index is 12.5. The van der Waals surface area contributed by atoms with Gasteiger partial charge in [0.1, 0.15) is 0 Å². The molecule has 0 heterocycles. The molecule has 138 valence electrons. The second-order valence-electron chi connectivity index (χ2n) is 5.91. The van der Waals surface area contributed by atoms with E-state index in [2.05, 4.69) is 17.5 Å². The van der Waals surface area contributed by atoms with E-state index in [9.17, 15) is 9.59 Å². The molecule has 2 atom stereocenters. The van der Waals surface area contributed by atoms with Crippen LogP contribution >= 0.6 is 0 Å². The molecule has 0 aliphatic carbocycles. The third-order valence-corrected chi connectivity index (χ3v) is 4.05. The van der Waals surface area contributed by atoms with Crippen LogP contribution in [-0.4, -0.2) is 24.5 Å². The molecule has 0 spiro atoms. The van der Waals surface area contributed by atoms with Crippen molar-refractivity contribution in [2.24, 2.45) is 5.92 Å². The van der Waals surface area contributed by atoms with Gasteiger partial charge in [0.15, 0.2) is 0 Å². The smallest absolute Gasteiger partial charge is 0.311 e. The zero-order valence-corrected chi connectivity index (χ0v) is 15.1. The van der Waals surface area contributed by atoms with Crippen LogP contribution in [0.15, 0.2) is 30.3 Å². The van der Waals surface area contributed by atoms with Gasteiger partial charge in [0, 0.05) is 24.4 Å². The lowest BCUT2D eigenvalue weighted by molar-refractivity contribution is -0.149. The molecule has 6 heteroatoms. The Hall–Kier alpha value is -2.86. The van der Waals surface area contributed by atoms with Crippen molar-refractivity contribution in [2.75, 3.05) is 6.61 Å². The minimum absolute atomic E-state index is 0.230. The van der Waals surface area contributed by atoms with E-state index in [1.54, 1.807) is 31.2 Å². The van der Waals surface area contributed by atoms with Crippen LogP contribution in [0.25, 0.3) is 0 Å². The zero-order valence-electron chi connectivity index (χ0n) is 15.1. The molecular weight excluding hydrogens is 330 g/mol. The standard InChI is InChI=1S/C20H25N3O3/c1-2-26-20(25)17(12-7-4-8-14-21)18(13-9-15-22)23-19(24)16-10-5-3-6-11-16/h3,5-6,10-11,17-18H,2,4,7-9,12-13H2,1H3,(H,23,24)/t17-,18+/m0/s1. The Morgan fingerprint density at radius 2 is 1.77 bits per heavy atom. The number of amides is 1. The number of benzene rings is 1. The normalized spacial score (nSPS) is 12.3. The summed E-state index contributed by atoms with van der Waals surface area (Å²) in [6.07, 6.45) is 2.90. The van der Waals surface area contributed by atoms with Crippen molar-refractivity contribution in [3.8, 4) is 12.1 Å². The van der Waals surface area contributed by atoms with Crippen LogP contribution in [0.2, 0.25) is 0 Å². The highest BCUT2D eigenvalue weighted by Gasteiger charge is 2.30. The largest absolute Gasteiger partial charge is 0.466 e. The molecule has 0 aliphatic heterocycles. The average Bonchev–Trinajstić information content (AvgIpc) is 2.66. The quantitative estimate of drug-likeness (QED) is 0.484. The van der Waals surface area contributed by atoms with Gasteiger partial charge in [0.05, 0.1) is 24.7 Å². The minimum atomic E-state index is -0.533. The van der Waals surface area contributed by atoms with Crippen molar-refractivity contribution >= 4 is 11.9 Å². The SMILES string of the molecule is CCOC(=O)[C@@H](CCCCC#N)[C@@H](CCC#N)NC(=O)c1ccccc1. The van der Waals surface area contributed by atoms with E-state index >= 15 is 0 Å². The predicted octanol–water partition coefficient (Wildman–Crippen LogP) is 3.35. The first kappa shape index (κ1) is 21.2. The van der Waals surface area contributed by atoms with Gasteiger partial charge in [0.2, 0.25) is 0 Å². The minimum Gasteiger partial charge on any atom is -0.466 e. The number of nitrogens with zero attached hydrogens (tertiary/aromatic N) is 2. The Bertz CT molecular complexity index is 647. The van der Waals surface area contributed by atoms with E-state index in [0.29, 0.717) is 37.7 Å². The maximum Gasteiger partial charge on any atom is 0.311 e. The van der Waals surface area contributed by atoms with Crippen molar-refractivity contribution in [3.63, 3.8) is 0 Å².